The zero-order valence-electron chi connectivity index (χ0n) is 11.2. The molecule has 1 aromatic carbocycles. The highest BCUT2D eigenvalue weighted by molar-refractivity contribution is 6.36. The molecule has 5 heteroatoms. The molecule has 2 aromatic rings. The van der Waals surface area contributed by atoms with E-state index in [4.69, 9.17) is 32.7 Å². The van der Waals surface area contributed by atoms with Crippen LogP contribution in [0.4, 0.5) is 0 Å². The van der Waals surface area contributed by atoms with E-state index >= 15 is 0 Å². The van der Waals surface area contributed by atoms with E-state index in [0.717, 1.165) is 17.7 Å². The molecule has 0 aliphatic carbocycles. The summed E-state index contributed by atoms with van der Waals surface area (Å²) in [6, 6.07) is 9.18. The van der Waals surface area contributed by atoms with Crippen LogP contribution in [0.3, 0.4) is 0 Å². The van der Waals surface area contributed by atoms with Crippen LogP contribution in [0, 0.1) is 0 Å². The molecule has 0 saturated carbocycles. The molecule has 1 heterocycles. The molecule has 0 fully saturated rings. The van der Waals surface area contributed by atoms with Gasteiger partial charge in [0.2, 0.25) is 0 Å². The van der Waals surface area contributed by atoms with Gasteiger partial charge in [-0.05, 0) is 36.8 Å². The van der Waals surface area contributed by atoms with Gasteiger partial charge in [-0.1, -0.05) is 30.1 Å². The zero-order chi connectivity index (χ0) is 14.5. The third kappa shape index (κ3) is 3.76. The number of hydrogen-bond donors (Lipinski definition) is 2. The Morgan fingerprint density at radius 1 is 1.25 bits per heavy atom. The molecule has 0 aliphatic heterocycles. The van der Waals surface area contributed by atoms with E-state index in [1.165, 1.54) is 0 Å². The largest absolute Gasteiger partial charge is 0.460 e. The van der Waals surface area contributed by atoms with Crippen LogP contribution in [0.25, 0.3) is 11.3 Å². The lowest BCUT2D eigenvalue weighted by atomic mass is 10.2. The highest BCUT2D eigenvalue weighted by Gasteiger charge is 2.10. The SMILES string of the molecule is CCC(CO)NCc1ccc(-c2ccc(Cl)cc2Cl)o1. The number of rotatable bonds is 6. The highest BCUT2D eigenvalue weighted by Crippen LogP contribution is 2.31. The van der Waals surface area contributed by atoms with Crippen molar-refractivity contribution in [3.63, 3.8) is 0 Å². The maximum atomic E-state index is 9.13. The summed E-state index contributed by atoms with van der Waals surface area (Å²) in [5.41, 5.74) is 0.816. The van der Waals surface area contributed by atoms with Crippen molar-refractivity contribution in [2.45, 2.75) is 25.9 Å². The van der Waals surface area contributed by atoms with E-state index in [-0.39, 0.29) is 12.6 Å². The Morgan fingerprint density at radius 3 is 2.70 bits per heavy atom. The summed E-state index contributed by atoms with van der Waals surface area (Å²) in [6.45, 7) is 2.71. The highest BCUT2D eigenvalue weighted by atomic mass is 35.5. The average molecular weight is 314 g/mol. The Hall–Kier alpha value is -1.00. The molecule has 1 atom stereocenters. The molecular formula is C15H17Cl2NO2. The summed E-state index contributed by atoms with van der Waals surface area (Å²) in [7, 11) is 0. The van der Waals surface area contributed by atoms with Gasteiger partial charge in [0.05, 0.1) is 18.2 Å². The first-order chi connectivity index (χ1) is 9.63. The van der Waals surface area contributed by atoms with Crippen molar-refractivity contribution >= 4 is 23.2 Å². The van der Waals surface area contributed by atoms with E-state index in [1.54, 1.807) is 12.1 Å². The molecule has 0 radical (unpaired) electrons. The fourth-order valence-corrected chi connectivity index (χ4v) is 2.39. The Labute approximate surface area is 128 Å². The van der Waals surface area contributed by atoms with Gasteiger partial charge in [-0.15, -0.1) is 0 Å². The van der Waals surface area contributed by atoms with Gasteiger partial charge in [0, 0.05) is 16.6 Å². The molecule has 2 N–H and O–H groups in total. The minimum atomic E-state index is 0.0858. The summed E-state index contributed by atoms with van der Waals surface area (Å²) >= 11 is 12.0. The molecule has 3 nitrogen and oxygen atoms in total. The Bertz CT molecular complexity index is 565. The molecule has 20 heavy (non-hydrogen) atoms. The summed E-state index contributed by atoms with van der Waals surface area (Å²) < 4.78 is 5.76. The van der Waals surface area contributed by atoms with Gasteiger partial charge in [0.1, 0.15) is 11.5 Å². The molecule has 0 spiro atoms. The number of furan rings is 1. The fraction of sp³-hybridized carbons (Fsp3) is 0.333. The van der Waals surface area contributed by atoms with Crippen LogP contribution in [0.1, 0.15) is 19.1 Å². The van der Waals surface area contributed by atoms with Crippen LogP contribution in [0.15, 0.2) is 34.7 Å². The molecule has 1 unspecified atom stereocenters. The van der Waals surface area contributed by atoms with Crippen molar-refractivity contribution in [2.24, 2.45) is 0 Å². The number of hydrogen-bond acceptors (Lipinski definition) is 3. The van der Waals surface area contributed by atoms with Crippen LogP contribution in [-0.4, -0.2) is 17.8 Å². The quantitative estimate of drug-likeness (QED) is 0.843. The Kier molecular flexibility index (Phi) is 5.49. The smallest absolute Gasteiger partial charge is 0.135 e. The second kappa shape index (κ2) is 7.14. The van der Waals surface area contributed by atoms with Crippen molar-refractivity contribution in [3.05, 3.63) is 46.1 Å². The fourth-order valence-electron chi connectivity index (χ4n) is 1.89. The van der Waals surface area contributed by atoms with Gasteiger partial charge < -0.3 is 14.8 Å². The second-order valence-corrected chi connectivity index (χ2v) is 5.40. The Balaban J connectivity index is 2.08. The van der Waals surface area contributed by atoms with Crippen LogP contribution in [0.5, 0.6) is 0 Å². The first-order valence-electron chi connectivity index (χ1n) is 6.52. The van der Waals surface area contributed by atoms with Crippen molar-refractivity contribution in [1.29, 1.82) is 0 Å². The topological polar surface area (TPSA) is 45.4 Å². The first kappa shape index (κ1) is 15.4. The lowest BCUT2D eigenvalue weighted by Gasteiger charge is -2.12. The van der Waals surface area contributed by atoms with E-state index < -0.39 is 0 Å². The van der Waals surface area contributed by atoms with Gasteiger partial charge in [0.25, 0.3) is 0 Å². The van der Waals surface area contributed by atoms with Crippen LogP contribution >= 0.6 is 23.2 Å². The monoisotopic (exact) mass is 313 g/mol. The number of halogens is 2. The van der Waals surface area contributed by atoms with E-state index in [2.05, 4.69) is 5.32 Å². The van der Waals surface area contributed by atoms with E-state index in [1.807, 2.05) is 25.1 Å². The van der Waals surface area contributed by atoms with Gasteiger partial charge in [-0.2, -0.15) is 0 Å². The molecular weight excluding hydrogens is 297 g/mol. The molecule has 0 amide bonds. The number of nitrogens with one attached hydrogen (secondary N) is 1. The lowest BCUT2D eigenvalue weighted by molar-refractivity contribution is 0.235. The van der Waals surface area contributed by atoms with Crippen molar-refractivity contribution in [2.75, 3.05) is 6.61 Å². The Morgan fingerprint density at radius 2 is 2.05 bits per heavy atom. The predicted octanol–water partition coefficient (Wildman–Crippen LogP) is 4.11. The maximum Gasteiger partial charge on any atom is 0.135 e. The number of aliphatic hydroxyl groups excluding tert-OH is 1. The summed E-state index contributed by atoms with van der Waals surface area (Å²) in [6.07, 6.45) is 0.868. The van der Waals surface area contributed by atoms with Crippen molar-refractivity contribution in [3.8, 4) is 11.3 Å². The van der Waals surface area contributed by atoms with Gasteiger partial charge in [-0.25, -0.2) is 0 Å². The van der Waals surface area contributed by atoms with Crippen LogP contribution < -0.4 is 5.32 Å². The molecule has 0 saturated heterocycles. The van der Waals surface area contributed by atoms with Crippen molar-refractivity contribution < 1.29 is 9.52 Å². The number of aliphatic hydroxyl groups is 1. The van der Waals surface area contributed by atoms with E-state index in [0.29, 0.717) is 22.4 Å². The molecule has 108 valence electrons. The molecule has 2 rings (SSSR count). The minimum Gasteiger partial charge on any atom is -0.460 e. The third-order valence-corrected chi connectivity index (χ3v) is 3.68. The predicted molar refractivity (Wildman–Crippen MR) is 82.2 cm³/mol. The third-order valence-electron chi connectivity index (χ3n) is 3.14. The summed E-state index contributed by atoms with van der Waals surface area (Å²) in [5, 5.41) is 13.5. The van der Waals surface area contributed by atoms with Gasteiger partial charge in [-0.3, -0.25) is 0 Å². The molecule has 0 aliphatic rings. The summed E-state index contributed by atoms with van der Waals surface area (Å²) in [5.74, 6) is 1.51. The van der Waals surface area contributed by atoms with Crippen LogP contribution in [-0.2, 0) is 6.54 Å². The van der Waals surface area contributed by atoms with E-state index in [9.17, 15) is 0 Å². The lowest BCUT2D eigenvalue weighted by Crippen LogP contribution is -2.30. The zero-order valence-corrected chi connectivity index (χ0v) is 12.7. The second-order valence-electron chi connectivity index (χ2n) is 4.56. The summed E-state index contributed by atoms with van der Waals surface area (Å²) in [4.78, 5) is 0. The average Bonchev–Trinajstić information content (AvgIpc) is 2.88. The molecule has 0 bridgehead atoms. The standard InChI is InChI=1S/C15H17Cl2NO2/c1-2-11(9-19)18-8-12-4-6-15(20-12)13-5-3-10(16)7-14(13)17/h3-7,11,18-19H,2,8-9H2,1H3. The minimum absolute atomic E-state index is 0.0858. The van der Waals surface area contributed by atoms with Gasteiger partial charge in [0.15, 0.2) is 0 Å². The normalized spacial score (nSPS) is 12.6. The van der Waals surface area contributed by atoms with Gasteiger partial charge >= 0.3 is 0 Å². The maximum absolute atomic E-state index is 9.13. The van der Waals surface area contributed by atoms with Crippen LogP contribution in [0.2, 0.25) is 10.0 Å². The number of benzene rings is 1. The first-order valence-corrected chi connectivity index (χ1v) is 7.28. The molecule has 1 aromatic heterocycles. The van der Waals surface area contributed by atoms with Crippen molar-refractivity contribution in [1.82, 2.24) is 5.32 Å².